The number of rotatable bonds is 4. The normalized spacial score (nSPS) is 13.2. The van der Waals surface area contributed by atoms with Gasteiger partial charge in [0.2, 0.25) is 0 Å². The number of alkyl halides is 3. The number of nitrogens with one attached hydrogen (secondary N) is 1. The molecule has 2 rings (SSSR count). The molecule has 0 amide bonds. The van der Waals surface area contributed by atoms with Gasteiger partial charge in [-0.15, -0.1) is 0 Å². The van der Waals surface area contributed by atoms with Gasteiger partial charge in [-0.2, -0.15) is 13.2 Å². The first kappa shape index (κ1) is 15.5. The van der Waals surface area contributed by atoms with E-state index < -0.39 is 11.7 Å². The minimum atomic E-state index is -4.31. The van der Waals surface area contributed by atoms with Crippen LogP contribution in [-0.4, -0.2) is 0 Å². The Balaban J connectivity index is 1.95. The monoisotopic (exact) mass is 297 g/mol. The molecule has 0 aliphatic carbocycles. The van der Waals surface area contributed by atoms with Crippen LogP contribution in [0.15, 0.2) is 48.5 Å². The van der Waals surface area contributed by atoms with Crippen LogP contribution >= 0.6 is 0 Å². The Kier molecular flexibility index (Phi) is 4.63. The van der Waals surface area contributed by atoms with Crippen molar-refractivity contribution in [3.8, 4) is 0 Å². The SMILES string of the molecule is CC(NCc1ccc(C(F)(F)F)cc1)c1ccc(F)cc1. The quantitative estimate of drug-likeness (QED) is 0.807. The van der Waals surface area contributed by atoms with Gasteiger partial charge in [-0.25, -0.2) is 4.39 Å². The van der Waals surface area contributed by atoms with Crippen molar-refractivity contribution < 1.29 is 17.6 Å². The summed E-state index contributed by atoms with van der Waals surface area (Å²) in [4.78, 5) is 0. The van der Waals surface area contributed by atoms with E-state index in [1.165, 1.54) is 24.3 Å². The maximum Gasteiger partial charge on any atom is 0.416 e. The van der Waals surface area contributed by atoms with Crippen LogP contribution in [0.2, 0.25) is 0 Å². The Bertz CT molecular complexity index is 573. The maximum atomic E-state index is 12.8. The number of hydrogen-bond acceptors (Lipinski definition) is 1. The van der Waals surface area contributed by atoms with Crippen molar-refractivity contribution >= 4 is 0 Å². The molecule has 0 saturated carbocycles. The summed E-state index contributed by atoms with van der Waals surface area (Å²) >= 11 is 0. The van der Waals surface area contributed by atoms with Crippen LogP contribution in [0.4, 0.5) is 17.6 Å². The molecular weight excluding hydrogens is 282 g/mol. The van der Waals surface area contributed by atoms with Gasteiger partial charge in [0.15, 0.2) is 0 Å². The van der Waals surface area contributed by atoms with Crippen LogP contribution in [0, 0.1) is 5.82 Å². The van der Waals surface area contributed by atoms with Crippen molar-refractivity contribution in [2.75, 3.05) is 0 Å². The van der Waals surface area contributed by atoms with E-state index in [1.54, 1.807) is 12.1 Å². The minimum absolute atomic E-state index is 0.0205. The van der Waals surface area contributed by atoms with E-state index in [1.807, 2.05) is 6.92 Å². The summed E-state index contributed by atoms with van der Waals surface area (Å²) < 4.78 is 50.1. The molecule has 1 unspecified atom stereocenters. The summed E-state index contributed by atoms with van der Waals surface area (Å²) in [6.07, 6.45) is -4.31. The topological polar surface area (TPSA) is 12.0 Å². The van der Waals surface area contributed by atoms with Gasteiger partial charge in [0.05, 0.1) is 5.56 Å². The van der Waals surface area contributed by atoms with Crippen molar-refractivity contribution in [1.29, 1.82) is 0 Å². The minimum Gasteiger partial charge on any atom is -0.306 e. The molecule has 2 aromatic rings. The van der Waals surface area contributed by atoms with Crippen molar-refractivity contribution in [3.05, 3.63) is 71.0 Å². The molecule has 1 N–H and O–H groups in total. The fraction of sp³-hybridized carbons (Fsp3) is 0.250. The third-order valence-electron chi connectivity index (χ3n) is 3.26. The molecule has 5 heteroatoms. The second-order valence-electron chi connectivity index (χ2n) is 4.85. The van der Waals surface area contributed by atoms with E-state index in [4.69, 9.17) is 0 Å². The lowest BCUT2D eigenvalue weighted by Crippen LogP contribution is -2.18. The maximum absolute atomic E-state index is 12.8. The predicted molar refractivity (Wildman–Crippen MR) is 73.1 cm³/mol. The second-order valence-corrected chi connectivity index (χ2v) is 4.85. The molecule has 0 radical (unpaired) electrons. The molecule has 1 nitrogen and oxygen atoms in total. The first-order valence-electron chi connectivity index (χ1n) is 6.51. The fourth-order valence-corrected chi connectivity index (χ4v) is 1.95. The van der Waals surface area contributed by atoms with Gasteiger partial charge in [0.25, 0.3) is 0 Å². The zero-order valence-electron chi connectivity index (χ0n) is 11.4. The van der Waals surface area contributed by atoms with E-state index in [0.29, 0.717) is 6.54 Å². The molecule has 0 bridgehead atoms. The summed E-state index contributed by atoms with van der Waals surface area (Å²) in [5.74, 6) is -0.298. The van der Waals surface area contributed by atoms with Crippen molar-refractivity contribution in [3.63, 3.8) is 0 Å². The number of benzene rings is 2. The molecule has 0 aliphatic heterocycles. The molecule has 0 aliphatic rings. The van der Waals surface area contributed by atoms with Crippen LogP contribution in [0.1, 0.15) is 29.7 Å². The largest absolute Gasteiger partial charge is 0.416 e. The molecule has 0 heterocycles. The van der Waals surface area contributed by atoms with Gasteiger partial charge >= 0.3 is 6.18 Å². The molecule has 0 saturated heterocycles. The van der Waals surface area contributed by atoms with E-state index in [2.05, 4.69) is 5.32 Å². The van der Waals surface area contributed by atoms with Gasteiger partial charge in [-0.1, -0.05) is 24.3 Å². The Morgan fingerprint density at radius 3 is 2.05 bits per heavy atom. The van der Waals surface area contributed by atoms with Gasteiger partial charge in [-0.3, -0.25) is 0 Å². The van der Waals surface area contributed by atoms with Crippen LogP contribution in [-0.2, 0) is 12.7 Å². The Labute approximate surface area is 120 Å². The zero-order chi connectivity index (χ0) is 15.5. The van der Waals surface area contributed by atoms with E-state index >= 15 is 0 Å². The van der Waals surface area contributed by atoms with Crippen molar-refractivity contribution in [1.82, 2.24) is 5.32 Å². The third kappa shape index (κ3) is 4.29. The summed E-state index contributed by atoms with van der Waals surface area (Å²) in [6.45, 7) is 2.36. The summed E-state index contributed by atoms with van der Waals surface area (Å²) in [7, 11) is 0. The smallest absolute Gasteiger partial charge is 0.306 e. The first-order chi connectivity index (χ1) is 9.86. The van der Waals surface area contributed by atoms with Gasteiger partial charge < -0.3 is 5.32 Å². The summed E-state index contributed by atoms with van der Waals surface area (Å²) in [5.41, 5.74) is 1.03. The lowest BCUT2D eigenvalue weighted by molar-refractivity contribution is -0.137. The highest BCUT2D eigenvalue weighted by Crippen LogP contribution is 2.29. The Morgan fingerprint density at radius 2 is 1.52 bits per heavy atom. The molecular formula is C16H15F4N. The van der Waals surface area contributed by atoms with Gasteiger partial charge in [-0.05, 0) is 42.3 Å². The average Bonchev–Trinajstić information content (AvgIpc) is 2.45. The van der Waals surface area contributed by atoms with Crippen LogP contribution < -0.4 is 5.32 Å². The van der Waals surface area contributed by atoms with Crippen LogP contribution in [0.5, 0.6) is 0 Å². The molecule has 0 fully saturated rings. The standard InChI is InChI=1S/C16H15F4N/c1-11(13-4-8-15(17)9-5-13)21-10-12-2-6-14(7-3-12)16(18,19)20/h2-9,11,21H,10H2,1H3. The van der Waals surface area contributed by atoms with Crippen LogP contribution in [0.25, 0.3) is 0 Å². The second kappa shape index (κ2) is 6.26. The lowest BCUT2D eigenvalue weighted by Gasteiger charge is -2.15. The number of halogens is 4. The highest BCUT2D eigenvalue weighted by Gasteiger charge is 2.29. The predicted octanol–water partition coefficient (Wildman–Crippen LogP) is 4.70. The molecule has 0 spiro atoms. The van der Waals surface area contributed by atoms with Crippen molar-refractivity contribution in [2.45, 2.75) is 25.7 Å². The summed E-state index contributed by atoms with van der Waals surface area (Å²) in [6, 6.07) is 11.1. The fourth-order valence-electron chi connectivity index (χ4n) is 1.95. The Morgan fingerprint density at radius 1 is 0.952 bits per heavy atom. The highest BCUT2D eigenvalue weighted by molar-refractivity contribution is 5.25. The number of hydrogen-bond donors (Lipinski definition) is 1. The first-order valence-corrected chi connectivity index (χ1v) is 6.51. The highest BCUT2D eigenvalue weighted by atomic mass is 19.4. The Hall–Kier alpha value is -1.88. The van der Waals surface area contributed by atoms with E-state index in [-0.39, 0.29) is 11.9 Å². The molecule has 2 aromatic carbocycles. The molecule has 1 atom stereocenters. The van der Waals surface area contributed by atoms with Crippen molar-refractivity contribution in [2.24, 2.45) is 0 Å². The zero-order valence-corrected chi connectivity index (χ0v) is 11.4. The van der Waals surface area contributed by atoms with Gasteiger partial charge in [0, 0.05) is 12.6 Å². The van der Waals surface area contributed by atoms with Gasteiger partial charge in [0.1, 0.15) is 5.82 Å². The van der Waals surface area contributed by atoms with E-state index in [0.717, 1.165) is 23.3 Å². The summed E-state index contributed by atoms with van der Waals surface area (Å²) in [5, 5.41) is 3.19. The molecule has 112 valence electrons. The average molecular weight is 297 g/mol. The lowest BCUT2D eigenvalue weighted by atomic mass is 10.1. The van der Waals surface area contributed by atoms with Crippen LogP contribution in [0.3, 0.4) is 0 Å². The molecule has 21 heavy (non-hydrogen) atoms. The third-order valence-corrected chi connectivity index (χ3v) is 3.26. The molecule has 0 aromatic heterocycles. The van der Waals surface area contributed by atoms with E-state index in [9.17, 15) is 17.6 Å².